The van der Waals surface area contributed by atoms with E-state index in [-0.39, 0.29) is 6.61 Å². The Labute approximate surface area is 127 Å². The SMILES string of the molecule is CC[C@@H](NC(=O)COc1ccc(Br)cc1Br)C(=O)O. The Balaban J connectivity index is 2.52. The van der Waals surface area contributed by atoms with E-state index >= 15 is 0 Å². The Kier molecular flexibility index (Phi) is 6.30. The lowest BCUT2D eigenvalue weighted by Crippen LogP contribution is -2.42. The number of carbonyl (C=O) groups excluding carboxylic acids is 1. The average Bonchev–Trinajstić information content (AvgIpc) is 2.34. The number of benzene rings is 1. The Bertz CT molecular complexity index is 479. The molecule has 2 N–H and O–H groups in total. The van der Waals surface area contributed by atoms with Gasteiger partial charge < -0.3 is 15.2 Å². The van der Waals surface area contributed by atoms with Crippen LogP contribution in [-0.2, 0) is 9.59 Å². The van der Waals surface area contributed by atoms with Crippen molar-refractivity contribution in [2.45, 2.75) is 19.4 Å². The van der Waals surface area contributed by atoms with Crippen molar-refractivity contribution in [3.63, 3.8) is 0 Å². The second-order valence-electron chi connectivity index (χ2n) is 3.73. The number of ether oxygens (including phenoxy) is 1. The molecular formula is C12H13Br2NO4. The van der Waals surface area contributed by atoms with Crippen molar-refractivity contribution in [2.75, 3.05) is 6.61 Å². The van der Waals surface area contributed by atoms with Crippen LogP contribution in [0.3, 0.4) is 0 Å². The maximum atomic E-state index is 11.5. The number of nitrogens with one attached hydrogen (secondary N) is 1. The van der Waals surface area contributed by atoms with Crippen molar-refractivity contribution < 1.29 is 19.4 Å². The zero-order valence-electron chi connectivity index (χ0n) is 10.2. The molecule has 0 unspecified atom stereocenters. The third kappa shape index (κ3) is 5.20. The van der Waals surface area contributed by atoms with E-state index in [2.05, 4.69) is 37.2 Å². The van der Waals surface area contributed by atoms with E-state index in [0.717, 1.165) is 4.47 Å². The van der Waals surface area contributed by atoms with Crippen molar-refractivity contribution in [2.24, 2.45) is 0 Å². The lowest BCUT2D eigenvalue weighted by Gasteiger charge is -2.13. The molecule has 19 heavy (non-hydrogen) atoms. The highest BCUT2D eigenvalue weighted by Gasteiger charge is 2.17. The van der Waals surface area contributed by atoms with Crippen molar-refractivity contribution in [3.8, 4) is 5.75 Å². The van der Waals surface area contributed by atoms with Crippen LogP contribution in [-0.4, -0.2) is 29.6 Å². The monoisotopic (exact) mass is 393 g/mol. The van der Waals surface area contributed by atoms with E-state index in [1.807, 2.05) is 0 Å². The molecular weight excluding hydrogens is 382 g/mol. The van der Waals surface area contributed by atoms with Crippen LogP contribution < -0.4 is 10.1 Å². The van der Waals surface area contributed by atoms with Crippen LogP contribution in [0.2, 0.25) is 0 Å². The van der Waals surface area contributed by atoms with Crippen LogP contribution >= 0.6 is 31.9 Å². The molecule has 0 radical (unpaired) electrons. The number of carboxylic acid groups (broad SMARTS) is 1. The van der Waals surface area contributed by atoms with Crippen molar-refractivity contribution >= 4 is 43.7 Å². The van der Waals surface area contributed by atoms with Gasteiger partial charge in [-0.15, -0.1) is 0 Å². The van der Waals surface area contributed by atoms with Gasteiger partial charge in [-0.05, 0) is 40.5 Å². The third-order valence-electron chi connectivity index (χ3n) is 2.29. The molecule has 0 bridgehead atoms. The van der Waals surface area contributed by atoms with Crippen molar-refractivity contribution in [1.82, 2.24) is 5.32 Å². The largest absolute Gasteiger partial charge is 0.483 e. The summed E-state index contributed by atoms with van der Waals surface area (Å²) in [7, 11) is 0. The standard InChI is InChI=1S/C12H13Br2NO4/c1-2-9(12(17)18)15-11(16)6-19-10-4-3-7(13)5-8(10)14/h3-5,9H,2,6H2,1H3,(H,15,16)(H,17,18)/t9-/m1/s1. The van der Waals surface area contributed by atoms with E-state index in [4.69, 9.17) is 9.84 Å². The number of rotatable bonds is 6. The molecule has 0 heterocycles. The first kappa shape index (κ1) is 16.0. The number of halogens is 2. The molecule has 0 saturated heterocycles. The van der Waals surface area contributed by atoms with Crippen LogP contribution in [0.4, 0.5) is 0 Å². The van der Waals surface area contributed by atoms with Gasteiger partial charge in [-0.3, -0.25) is 4.79 Å². The van der Waals surface area contributed by atoms with Gasteiger partial charge in [0.1, 0.15) is 11.8 Å². The molecule has 0 aliphatic rings. The first-order valence-corrected chi connectivity index (χ1v) is 7.12. The highest BCUT2D eigenvalue weighted by atomic mass is 79.9. The molecule has 1 aromatic rings. The predicted octanol–water partition coefficient (Wildman–Crippen LogP) is 2.57. The van der Waals surface area contributed by atoms with Crippen LogP contribution in [0.5, 0.6) is 5.75 Å². The van der Waals surface area contributed by atoms with Gasteiger partial charge in [-0.2, -0.15) is 0 Å². The summed E-state index contributed by atoms with van der Waals surface area (Å²) in [6.45, 7) is 1.45. The highest BCUT2D eigenvalue weighted by Crippen LogP contribution is 2.28. The van der Waals surface area contributed by atoms with Crippen LogP contribution in [0.15, 0.2) is 27.1 Å². The maximum absolute atomic E-state index is 11.5. The minimum atomic E-state index is -1.05. The number of hydrogen-bond donors (Lipinski definition) is 2. The molecule has 0 aliphatic carbocycles. The summed E-state index contributed by atoms with van der Waals surface area (Å²) in [6.07, 6.45) is 0.322. The number of hydrogen-bond acceptors (Lipinski definition) is 3. The van der Waals surface area contributed by atoms with E-state index in [0.29, 0.717) is 16.6 Å². The molecule has 5 nitrogen and oxygen atoms in total. The Hall–Kier alpha value is -1.08. The molecule has 0 saturated carbocycles. The third-order valence-corrected chi connectivity index (χ3v) is 3.41. The predicted molar refractivity (Wildman–Crippen MR) is 77.2 cm³/mol. The van der Waals surface area contributed by atoms with Crippen LogP contribution in [0.1, 0.15) is 13.3 Å². The molecule has 1 rings (SSSR count). The molecule has 1 aromatic carbocycles. The van der Waals surface area contributed by atoms with E-state index in [1.54, 1.807) is 25.1 Å². The number of amides is 1. The molecule has 0 spiro atoms. The summed E-state index contributed by atoms with van der Waals surface area (Å²) in [4.78, 5) is 22.3. The summed E-state index contributed by atoms with van der Waals surface area (Å²) >= 11 is 6.61. The molecule has 1 atom stereocenters. The molecule has 1 amide bonds. The Morgan fingerprint density at radius 2 is 2.11 bits per heavy atom. The number of carboxylic acids is 1. The summed E-state index contributed by atoms with van der Waals surface area (Å²) in [5.74, 6) is -1.01. The highest BCUT2D eigenvalue weighted by molar-refractivity contribution is 9.11. The van der Waals surface area contributed by atoms with Crippen molar-refractivity contribution in [1.29, 1.82) is 0 Å². The fourth-order valence-corrected chi connectivity index (χ4v) is 2.47. The van der Waals surface area contributed by atoms with Gasteiger partial charge in [0.15, 0.2) is 6.61 Å². The summed E-state index contributed by atoms with van der Waals surface area (Å²) in [6, 6.07) is 4.39. The summed E-state index contributed by atoms with van der Waals surface area (Å²) in [5, 5.41) is 11.2. The van der Waals surface area contributed by atoms with Gasteiger partial charge in [0.2, 0.25) is 0 Å². The topological polar surface area (TPSA) is 75.6 Å². The van der Waals surface area contributed by atoms with E-state index in [9.17, 15) is 9.59 Å². The molecule has 0 fully saturated rings. The lowest BCUT2D eigenvalue weighted by atomic mass is 10.2. The van der Waals surface area contributed by atoms with E-state index < -0.39 is 17.9 Å². The van der Waals surface area contributed by atoms with Gasteiger partial charge in [0.25, 0.3) is 5.91 Å². The smallest absolute Gasteiger partial charge is 0.326 e. The second-order valence-corrected chi connectivity index (χ2v) is 5.50. The molecule has 104 valence electrons. The second kappa shape index (κ2) is 7.49. The normalized spacial score (nSPS) is 11.7. The number of aliphatic carboxylic acids is 1. The zero-order chi connectivity index (χ0) is 14.4. The summed E-state index contributed by atoms with van der Waals surface area (Å²) in [5.41, 5.74) is 0. The van der Waals surface area contributed by atoms with Gasteiger partial charge in [0.05, 0.1) is 4.47 Å². The maximum Gasteiger partial charge on any atom is 0.326 e. The zero-order valence-corrected chi connectivity index (χ0v) is 13.3. The fourth-order valence-electron chi connectivity index (χ4n) is 1.31. The summed E-state index contributed by atoms with van der Waals surface area (Å²) < 4.78 is 6.90. The van der Waals surface area contributed by atoms with Crippen LogP contribution in [0.25, 0.3) is 0 Å². The molecule has 0 aliphatic heterocycles. The quantitative estimate of drug-likeness (QED) is 0.777. The number of carbonyl (C=O) groups is 2. The van der Waals surface area contributed by atoms with Gasteiger partial charge in [-0.25, -0.2) is 4.79 Å². The average molecular weight is 395 g/mol. The van der Waals surface area contributed by atoms with Crippen LogP contribution in [0, 0.1) is 0 Å². The first-order chi connectivity index (χ1) is 8.93. The molecule has 0 aromatic heterocycles. The fraction of sp³-hybridized carbons (Fsp3) is 0.333. The molecule has 7 heteroatoms. The minimum absolute atomic E-state index is 0.232. The van der Waals surface area contributed by atoms with E-state index in [1.165, 1.54) is 0 Å². The minimum Gasteiger partial charge on any atom is -0.483 e. The van der Waals surface area contributed by atoms with Gasteiger partial charge >= 0.3 is 5.97 Å². The Morgan fingerprint density at radius 1 is 1.42 bits per heavy atom. The van der Waals surface area contributed by atoms with Crippen molar-refractivity contribution in [3.05, 3.63) is 27.1 Å². The Morgan fingerprint density at radius 3 is 2.63 bits per heavy atom. The van der Waals surface area contributed by atoms with Gasteiger partial charge in [0, 0.05) is 4.47 Å². The lowest BCUT2D eigenvalue weighted by molar-refractivity contribution is -0.142. The van der Waals surface area contributed by atoms with Gasteiger partial charge in [-0.1, -0.05) is 22.9 Å². The first-order valence-electron chi connectivity index (χ1n) is 5.54.